The molecule has 0 aliphatic rings. The summed E-state index contributed by atoms with van der Waals surface area (Å²) in [4.78, 5) is 15.3. The van der Waals surface area contributed by atoms with Gasteiger partial charge in [-0.1, -0.05) is 48.0 Å². The Hall–Kier alpha value is 0.694. The first-order valence-corrected chi connectivity index (χ1v) is 5.44. The molecule has 0 aromatic carbocycles. The maximum atomic E-state index is 11.8. The van der Waals surface area contributed by atoms with Crippen molar-refractivity contribution in [2.45, 2.75) is 48.0 Å². The van der Waals surface area contributed by atoms with Crippen LogP contribution in [-0.2, 0) is 42.3 Å². The summed E-state index contributed by atoms with van der Waals surface area (Å²) >= 11 is 0. The summed E-state index contributed by atoms with van der Waals surface area (Å²) in [7, 11) is 2.76. The topological polar surface area (TPSA) is 52.3 Å². The molecule has 0 aliphatic carbocycles. The summed E-state index contributed by atoms with van der Waals surface area (Å²) < 4.78 is 0. The molecule has 4 heteroatoms. The van der Waals surface area contributed by atoms with Crippen LogP contribution in [0.3, 0.4) is 0 Å². The van der Waals surface area contributed by atoms with E-state index in [1.165, 1.54) is 0 Å². The number of nitrogens with two attached hydrogens (primary N) is 1. The van der Waals surface area contributed by atoms with E-state index in [0.29, 0.717) is 0 Å². The van der Waals surface area contributed by atoms with E-state index in [0.717, 1.165) is 6.42 Å². The van der Waals surface area contributed by atoms with E-state index >= 15 is 0 Å². The molecule has 0 amide bonds. The number of carbonyl (C=O) groups excluding carboxylic acids is 1. The first kappa shape index (κ1) is 22.8. The Morgan fingerprint density at radius 3 is 1.71 bits per heavy atom. The van der Waals surface area contributed by atoms with Gasteiger partial charge in [0.15, 0.2) is 0 Å². The van der Waals surface area contributed by atoms with Gasteiger partial charge in [-0.15, -0.1) is 5.92 Å². The van der Waals surface area contributed by atoms with Crippen LogP contribution in [0.2, 0.25) is 0 Å². The van der Waals surface area contributed by atoms with Crippen LogP contribution in [0.25, 0.3) is 0 Å². The average molecular weight is 318 g/mol. The van der Waals surface area contributed by atoms with Crippen LogP contribution >= 0.6 is 0 Å². The van der Waals surface area contributed by atoms with Crippen molar-refractivity contribution in [1.82, 2.24) is 0 Å². The molecular weight excluding hydrogens is 291 g/mol. The van der Waals surface area contributed by atoms with E-state index in [9.17, 15) is 4.79 Å². The van der Waals surface area contributed by atoms with Gasteiger partial charge in [-0.25, -0.2) is 7.11 Å². The summed E-state index contributed by atoms with van der Waals surface area (Å²) in [6, 6.07) is 0. The van der Waals surface area contributed by atoms with Crippen LogP contribution in [0.15, 0.2) is 0 Å². The standard InChI is InChI=1S/C12H23O.CH4NO.Y/c1-9(8-11(2,3)4)10(13)12(5,6)7;1-3-2;/h9H,1,8H2,2-7H3;1-2H2;/q2*-1;. The minimum atomic E-state index is -0.252. The van der Waals surface area contributed by atoms with Crippen LogP contribution in [0.1, 0.15) is 48.0 Å². The van der Waals surface area contributed by atoms with E-state index in [1.807, 2.05) is 20.8 Å². The third kappa shape index (κ3) is 14.6. The molecule has 0 aromatic heterocycles. The second-order valence-corrected chi connectivity index (χ2v) is 6.24. The van der Waals surface area contributed by atoms with E-state index in [2.05, 4.69) is 45.5 Å². The smallest absolute Gasteiger partial charge is 0.111 e. The van der Waals surface area contributed by atoms with Gasteiger partial charge in [0.2, 0.25) is 0 Å². The molecule has 0 heterocycles. The summed E-state index contributed by atoms with van der Waals surface area (Å²) in [5.74, 6) is 4.43. The van der Waals surface area contributed by atoms with E-state index in [1.54, 1.807) is 0 Å². The Morgan fingerprint density at radius 1 is 1.24 bits per heavy atom. The Balaban J connectivity index is -0.000000440. The quantitative estimate of drug-likeness (QED) is 0.628. The van der Waals surface area contributed by atoms with Gasteiger partial charge >= 0.3 is 0 Å². The Kier molecular flexibility index (Phi) is 12.9. The molecule has 0 saturated carbocycles. The summed E-state index contributed by atoms with van der Waals surface area (Å²) in [5, 5.41) is 0. The van der Waals surface area contributed by atoms with Crippen molar-refractivity contribution in [3.05, 3.63) is 14.0 Å². The van der Waals surface area contributed by atoms with Gasteiger partial charge in [-0.3, -0.25) is 5.90 Å². The maximum Gasteiger partial charge on any atom is 0.111 e. The number of hydrogen-bond acceptors (Lipinski definition) is 3. The molecule has 0 spiro atoms. The van der Waals surface area contributed by atoms with Gasteiger partial charge in [0.25, 0.3) is 0 Å². The molecule has 0 aliphatic heterocycles. The number of hydrogen-bond donors (Lipinski definition) is 1. The van der Waals surface area contributed by atoms with E-state index in [-0.39, 0.29) is 55.2 Å². The second kappa shape index (κ2) is 9.60. The maximum absolute atomic E-state index is 11.8. The zero-order valence-electron chi connectivity index (χ0n) is 12.2. The van der Waals surface area contributed by atoms with Crippen LogP contribution in [-0.4, -0.2) is 5.78 Å². The van der Waals surface area contributed by atoms with Crippen LogP contribution in [0, 0.1) is 30.8 Å². The summed E-state index contributed by atoms with van der Waals surface area (Å²) in [6.45, 7) is 16.2. The Bertz CT molecular complexity index is 204. The van der Waals surface area contributed by atoms with Crippen LogP contribution < -0.4 is 5.90 Å². The summed E-state index contributed by atoms with van der Waals surface area (Å²) in [5.41, 5.74) is -0.0645. The molecule has 101 valence electrons. The monoisotopic (exact) mass is 318 g/mol. The fourth-order valence-electron chi connectivity index (χ4n) is 1.44. The predicted octanol–water partition coefficient (Wildman–Crippen LogP) is 3.15. The second-order valence-electron chi connectivity index (χ2n) is 6.24. The van der Waals surface area contributed by atoms with Crippen molar-refractivity contribution >= 4 is 5.78 Å². The van der Waals surface area contributed by atoms with Gasteiger partial charge in [0, 0.05) is 38.1 Å². The van der Waals surface area contributed by atoms with Crippen LogP contribution in [0.4, 0.5) is 0 Å². The summed E-state index contributed by atoms with van der Waals surface area (Å²) in [6.07, 6.45) is 0.864. The van der Waals surface area contributed by atoms with Gasteiger partial charge in [-0.2, -0.15) is 0 Å². The van der Waals surface area contributed by atoms with Crippen molar-refractivity contribution in [2.75, 3.05) is 0 Å². The normalized spacial score (nSPS) is 13.0. The molecular formula is C13H27NO2Y-2. The number of Topliss-reactive ketones (excluding diaryl/α,β-unsaturated/α-hetero) is 1. The first-order chi connectivity index (χ1) is 6.95. The zero-order chi connectivity index (χ0) is 13.6. The average Bonchev–Trinajstić information content (AvgIpc) is 1.99. The van der Waals surface area contributed by atoms with E-state index < -0.39 is 0 Å². The fourth-order valence-corrected chi connectivity index (χ4v) is 1.44. The molecule has 17 heavy (non-hydrogen) atoms. The fraction of sp³-hybridized carbons (Fsp3) is 0.769. The molecule has 3 nitrogen and oxygen atoms in total. The molecule has 0 rings (SSSR count). The first-order valence-electron chi connectivity index (χ1n) is 5.44. The SMILES string of the molecule is [CH2-]C(CC(C)(C)C)C(=O)C(C)(C)C.[CH2-]ON.[Y]. The molecule has 0 bridgehead atoms. The molecule has 0 saturated heterocycles. The van der Waals surface area contributed by atoms with Crippen molar-refractivity contribution in [1.29, 1.82) is 0 Å². The third-order valence-corrected chi connectivity index (χ3v) is 1.97. The molecule has 1 atom stereocenters. The van der Waals surface area contributed by atoms with Gasteiger partial charge in [0.1, 0.15) is 5.78 Å². The van der Waals surface area contributed by atoms with E-state index in [4.69, 9.17) is 0 Å². The molecule has 0 fully saturated rings. The van der Waals surface area contributed by atoms with Gasteiger partial charge < -0.3 is 16.6 Å². The third-order valence-electron chi connectivity index (χ3n) is 1.97. The number of ketones is 1. The molecule has 1 radical (unpaired) electrons. The van der Waals surface area contributed by atoms with Crippen molar-refractivity contribution < 1.29 is 42.3 Å². The van der Waals surface area contributed by atoms with Crippen molar-refractivity contribution in [3.63, 3.8) is 0 Å². The van der Waals surface area contributed by atoms with Crippen molar-refractivity contribution in [2.24, 2.45) is 22.6 Å². The number of rotatable bonds is 2. The number of carbonyl (C=O) groups is 1. The van der Waals surface area contributed by atoms with Gasteiger partial charge in [0.05, 0.1) is 0 Å². The minimum absolute atomic E-state index is 0. The van der Waals surface area contributed by atoms with Gasteiger partial charge in [-0.05, 0) is 5.41 Å². The molecule has 0 aromatic rings. The minimum Gasteiger partial charge on any atom is -0.480 e. The predicted molar refractivity (Wildman–Crippen MR) is 68.0 cm³/mol. The molecule has 2 N–H and O–H groups in total. The van der Waals surface area contributed by atoms with Crippen molar-refractivity contribution in [3.8, 4) is 0 Å². The Labute approximate surface area is 132 Å². The zero-order valence-corrected chi connectivity index (χ0v) is 15.0. The largest absolute Gasteiger partial charge is 0.480 e. The Morgan fingerprint density at radius 2 is 1.53 bits per heavy atom. The van der Waals surface area contributed by atoms with Crippen LogP contribution in [0.5, 0.6) is 0 Å². The molecule has 1 unspecified atom stereocenters.